The fraction of sp³-hybridized carbons (Fsp3) is 0.484. The minimum atomic E-state index is 0.678. The van der Waals surface area contributed by atoms with Gasteiger partial charge in [0.05, 0.1) is 0 Å². The molecule has 0 bridgehead atoms. The van der Waals surface area contributed by atoms with Gasteiger partial charge in [-0.3, -0.25) is 0 Å². The minimum Gasteiger partial charge on any atom is -0.0958 e. The summed E-state index contributed by atoms with van der Waals surface area (Å²) in [5, 5.41) is 0. The van der Waals surface area contributed by atoms with Gasteiger partial charge in [-0.15, -0.1) is 0 Å². The topological polar surface area (TPSA) is 0 Å². The highest BCUT2D eigenvalue weighted by Gasteiger charge is 2.33. The number of allylic oxidation sites excluding steroid dienone is 8. The fourth-order valence-corrected chi connectivity index (χ4v) is 5.12. The molecule has 0 unspecified atom stereocenters. The molecule has 1 aliphatic rings. The van der Waals surface area contributed by atoms with Crippen molar-refractivity contribution in [2.75, 3.05) is 0 Å². The van der Waals surface area contributed by atoms with E-state index in [4.69, 9.17) is 0 Å². The van der Waals surface area contributed by atoms with Crippen molar-refractivity contribution in [3.63, 3.8) is 0 Å². The van der Waals surface area contributed by atoms with Gasteiger partial charge in [-0.1, -0.05) is 49.8 Å². The van der Waals surface area contributed by atoms with Crippen molar-refractivity contribution in [2.24, 2.45) is 0 Å². The zero-order chi connectivity index (χ0) is 23.6. The predicted octanol–water partition coefficient (Wildman–Crippen LogP) is 9.68. The molecule has 0 aromatic heterocycles. The van der Waals surface area contributed by atoms with Crippen LogP contribution in [0.2, 0.25) is 0 Å². The van der Waals surface area contributed by atoms with Crippen molar-refractivity contribution < 1.29 is 0 Å². The van der Waals surface area contributed by atoms with Gasteiger partial charge in [-0.05, 0) is 143 Å². The summed E-state index contributed by atoms with van der Waals surface area (Å²) in [5.41, 5.74) is 18.1. The number of benzene rings is 1. The summed E-state index contributed by atoms with van der Waals surface area (Å²) >= 11 is 0. The standard InChI is InChI=1S/C31H44/c1-13-25-26(14-2)31(30(24-16-17-24)23(12)28(25)20(8)9)27(15-3)29(21(10)18(4)5)22(11)19(6)7/h15,24H,4,8,13-14,16-17H2,1-3,5-7,9-12H3/b27-15+,29-21-. The van der Waals surface area contributed by atoms with Crippen LogP contribution in [-0.2, 0) is 12.8 Å². The molecule has 0 heteroatoms. The maximum Gasteiger partial charge on any atom is -0.0108 e. The predicted molar refractivity (Wildman–Crippen MR) is 142 cm³/mol. The Morgan fingerprint density at radius 3 is 1.74 bits per heavy atom. The first kappa shape index (κ1) is 25.2. The molecule has 0 N–H and O–H groups in total. The van der Waals surface area contributed by atoms with E-state index in [1.165, 1.54) is 74.1 Å². The smallest absolute Gasteiger partial charge is 0.0108 e. The van der Waals surface area contributed by atoms with Gasteiger partial charge >= 0.3 is 0 Å². The quantitative estimate of drug-likeness (QED) is 0.370. The van der Waals surface area contributed by atoms with Crippen LogP contribution in [0.25, 0.3) is 11.1 Å². The van der Waals surface area contributed by atoms with Crippen LogP contribution in [0.5, 0.6) is 0 Å². The van der Waals surface area contributed by atoms with Crippen LogP contribution in [-0.4, -0.2) is 0 Å². The van der Waals surface area contributed by atoms with Gasteiger partial charge in [0.15, 0.2) is 0 Å². The Morgan fingerprint density at radius 2 is 1.39 bits per heavy atom. The molecular formula is C31H44. The van der Waals surface area contributed by atoms with Gasteiger partial charge in [0, 0.05) is 0 Å². The first-order valence-electron chi connectivity index (χ1n) is 12.0. The number of rotatable bonds is 8. The molecule has 1 aromatic rings. The molecule has 1 aromatic carbocycles. The lowest BCUT2D eigenvalue weighted by atomic mass is 9.75. The average molecular weight is 417 g/mol. The monoisotopic (exact) mass is 416 g/mol. The second-order valence-corrected chi connectivity index (χ2v) is 9.62. The Bertz CT molecular complexity index is 993. The lowest BCUT2D eigenvalue weighted by Crippen LogP contribution is -2.12. The molecule has 0 radical (unpaired) electrons. The highest BCUT2D eigenvalue weighted by molar-refractivity contribution is 5.91. The third kappa shape index (κ3) is 4.74. The molecule has 0 spiro atoms. The minimum absolute atomic E-state index is 0.678. The highest BCUT2D eigenvalue weighted by atomic mass is 14.4. The van der Waals surface area contributed by atoms with E-state index >= 15 is 0 Å². The van der Waals surface area contributed by atoms with E-state index in [1.54, 1.807) is 5.56 Å². The summed E-state index contributed by atoms with van der Waals surface area (Å²) in [7, 11) is 0. The molecule has 0 heterocycles. The van der Waals surface area contributed by atoms with Crippen LogP contribution in [0.1, 0.15) is 114 Å². The third-order valence-corrected chi connectivity index (χ3v) is 7.10. The lowest BCUT2D eigenvalue weighted by Gasteiger charge is -2.29. The molecule has 1 fully saturated rings. The molecule has 0 atom stereocenters. The van der Waals surface area contributed by atoms with Crippen LogP contribution < -0.4 is 0 Å². The van der Waals surface area contributed by atoms with E-state index in [9.17, 15) is 0 Å². The molecule has 1 saturated carbocycles. The van der Waals surface area contributed by atoms with Gasteiger partial charge in [0.2, 0.25) is 0 Å². The molecule has 168 valence electrons. The van der Waals surface area contributed by atoms with E-state index in [0.717, 1.165) is 18.4 Å². The van der Waals surface area contributed by atoms with Crippen molar-refractivity contribution in [1.82, 2.24) is 0 Å². The zero-order valence-corrected chi connectivity index (χ0v) is 21.9. The van der Waals surface area contributed by atoms with E-state index in [1.807, 2.05) is 0 Å². The van der Waals surface area contributed by atoms with Crippen molar-refractivity contribution in [1.29, 1.82) is 0 Å². The van der Waals surface area contributed by atoms with Crippen molar-refractivity contribution in [3.8, 4) is 0 Å². The largest absolute Gasteiger partial charge is 0.0958 e. The first-order chi connectivity index (χ1) is 14.5. The van der Waals surface area contributed by atoms with Crippen LogP contribution in [0.3, 0.4) is 0 Å². The molecule has 2 rings (SSSR count). The molecule has 1 aliphatic carbocycles. The summed E-state index contributed by atoms with van der Waals surface area (Å²) in [6.07, 6.45) is 7.04. The maximum absolute atomic E-state index is 4.38. The molecule has 0 amide bonds. The zero-order valence-electron chi connectivity index (χ0n) is 21.9. The van der Waals surface area contributed by atoms with E-state index in [0.29, 0.717) is 5.92 Å². The van der Waals surface area contributed by atoms with Crippen LogP contribution >= 0.6 is 0 Å². The maximum atomic E-state index is 4.38. The summed E-state index contributed by atoms with van der Waals surface area (Å²) in [6.45, 7) is 31.1. The Labute approximate surface area is 192 Å². The summed E-state index contributed by atoms with van der Waals surface area (Å²) in [4.78, 5) is 0. The Hall–Kier alpha value is -2.08. The van der Waals surface area contributed by atoms with Crippen molar-refractivity contribution in [3.05, 3.63) is 80.5 Å². The second-order valence-electron chi connectivity index (χ2n) is 9.62. The fourth-order valence-electron chi connectivity index (χ4n) is 5.12. The molecule has 0 nitrogen and oxygen atoms in total. The van der Waals surface area contributed by atoms with E-state index in [-0.39, 0.29) is 0 Å². The molecule has 0 aliphatic heterocycles. The SMILES string of the molecule is C=C(C)/C(C)=C(C(C)=C(C)C)\C(=C/C)c1c(CC)c(CC)c(C(=C)C)c(C)c1C1CC1. The average Bonchev–Trinajstić information content (AvgIpc) is 3.54. The molecular weight excluding hydrogens is 372 g/mol. The van der Waals surface area contributed by atoms with Gasteiger partial charge < -0.3 is 0 Å². The van der Waals surface area contributed by atoms with E-state index in [2.05, 4.69) is 88.5 Å². The number of hydrogen-bond donors (Lipinski definition) is 0. The van der Waals surface area contributed by atoms with Crippen LogP contribution in [0.4, 0.5) is 0 Å². The van der Waals surface area contributed by atoms with Gasteiger partial charge in [0.1, 0.15) is 0 Å². The Morgan fingerprint density at radius 1 is 0.871 bits per heavy atom. The normalized spacial score (nSPS) is 15.0. The summed E-state index contributed by atoms with van der Waals surface area (Å²) < 4.78 is 0. The summed E-state index contributed by atoms with van der Waals surface area (Å²) in [6, 6.07) is 0. The van der Waals surface area contributed by atoms with Gasteiger partial charge in [0.25, 0.3) is 0 Å². The van der Waals surface area contributed by atoms with Gasteiger partial charge in [-0.2, -0.15) is 0 Å². The molecule has 0 saturated heterocycles. The Balaban J connectivity index is 3.11. The molecule has 31 heavy (non-hydrogen) atoms. The van der Waals surface area contributed by atoms with Crippen LogP contribution in [0, 0.1) is 6.92 Å². The van der Waals surface area contributed by atoms with E-state index < -0.39 is 0 Å². The summed E-state index contributed by atoms with van der Waals surface area (Å²) in [5.74, 6) is 0.678. The number of hydrogen-bond acceptors (Lipinski definition) is 0. The van der Waals surface area contributed by atoms with Crippen LogP contribution in [0.15, 0.2) is 47.1 Å². The third-order valence-electron chi connectivity index (χ3n) is 7.10. The Kier molecular flexibility index (Phi) is 8.15. The second kappa shape index (κ2) is 10.0. The van der Waals surface area contributed by atoms with Crippen molar-refractivity contribution >= 4 is 11.1 Å². The first-order valence-corrected chi connectivity index (χ1v) is 12.0. The lowest BCUT2D eigenvalue weighted by molar-refractivity contribution is 0.976. The highest BCUT2D eigenvalue weighted by Crippen LogP contribution is 2.50. The van der Waals surface area contributed by atoms with Crippen molar-refractivity contribution in [2.45, 2.75) is 101 Å². The van der Waals surface area contributed by atoms with Gasteiger partial charge in [-0.25, -0.2) is 0 Å².